The lowest BCUT2D eigenvalue weighted by Gasteiger charge is -2.26. The van der Waals surface area contributed by atoms with Crippen LogP contribution in [0.15, 0.2) is 24.3 Å². The molecule has 1 saturated heterocycles. The van der Waals surface area contributed by atoms with Crippen LogP contribution in [-0.4, -0.2) is 43.7 Å². The molecule has 1 aliphatic rings. The number of hydrogen-bond acceptors (Lipinski definition) is 3. The largest absolute Gasteiger partial charge is 0.379 e. The molecular weight excluding hydrogens is 216 g/mol. The van der Waals surface area contributed by atoms with E-state index in [4.69, 9.17) is 10.5 Å². The average molecular weight is 234 g/mol. The van der Waals surface area contributed by atoms with Gasteiger partial charge in [0.2, 0.25) is 5.91 Å². The molecule has 1 amide bonds. The van der Waals surface area contributed by atoms with Crippen LogP contribution in [0.25, 0.3) is 0 Å². The molecule has 0 unspecified atom stereocenters. The van der Waals surface area contributed by atoms with Crippen LogP contribution in [0.2, 0.25) is 0 Å². The zero-order valence-electron chi connectivity index (χ0n) is 9.89. The second-order valence-corrected chi connectivity index (χ2v) is 4.23. The van der Waals surface area contributed by atoms with E-state index in [1.54, 1.807) is 6.07 Å². The third kappa shape index (κ3) is 3.28. The fourth-order valence-corrected chi connectivity index (χ4v) is 2.08. The fraction of sp³-hybridized carbons (Fsp3) is 0.462. The molecule has 0 atom stereocenters. The zero-order valence-corrected chi connectivity index (χ0v) is 9.89. The summed E-state index contributed by atoms with van der Waals surface area (Å²) in [5.74, 6) is -0.345. The second kappa shape index (κ2) is 5.80. The first-order chi connectivity index (χ1) is 8.27. The molecule has 92 valence electrons. The van der Waals surface area contributed by atoms with E-state index in [1.807, 2.05) is 18.2 Å². The highest BCUT2D eigenvalue weighted by atomic mass is 16.5. The highest BCUT2D eigenvalue weighted by molar-refractivity contribution is 5.94. The maximum Gasteiger partial charge on any atom is 0.248 e. The molecule has 0 bridgehead atoms. The Morgan fingerprint density at radius 2 is 2.00 bits per heavy atom. The lowest BCUT2D eigenvalue weighted by molar-refractivity contribution is 0.0384. The molecule has 1 heterocycles. The van der Waals surface area contributed by atoms with E-state index < -0.39 is 0 Å². The molecule has 1 fully saturated rings. The molecule has 1 aliphatic heterocycles. The summed E-state index contributed by atoms with van der Waals surface area (Å²) in [6.45, 7) is 4.50. The lowest BCUT2D eigenvalue weighted by Crippen LogP contribution is -2.37. The van der Waals surface area contributed by atoms with Gasteiger partial charge in [0, 0.05) is 25.2 Å². The van der Waals surface area contributed by atoms with Crippen molar-refractivity contribution in [3.8, 4) is 0 Å². The average Bonchev–Trinajstić information content (AvgIpc) is 2.38. The van der Waals surface area contributed by atoms with E-state index >= 15 is 0 Å². The first kappa shape index (κ1) is 12.1. The Hall–Kier alpha value is -1.39. The number of nitrogens with two attached hydrogens (primary N) is 1. The molecule has 0 radical (unpaired) electrons. The van der Waals surface area contributed by atoms with Crippen molar-refractivity contribution < 1.29 is 9.53 Å². The van der Waals surface area contributed by atoms with Crippen molar-refractivity contribution in [2.24, 2.45) is 5.73 Å². The van der Waals surface area contributed by atoms with Gasteiger partial charge in [-0.25, -0.2) is 0 Å². The summed E-state index contributed by atoms with van der Waals surface area (Å²) in [7, 11) is 0. The smallest absolute Gasteiger partial charge is 0.248 e. The van der Waals surface area contributed by atoms with Gasteiger partial charge in [-0.05, 0) is 18.1 Å². The van der Waals surface area contributed by atoms with Crippen molar-refractivity contribution in [3.63, 3.8) is 0 Å². The Morgan fingerprint density at radius 3 is 2.71 bits per heavy atom. The Morgan fingerprint density at radius 1 is 1.29 bits per heavy atom. The minimum atomic E-state index is -0.345. The van der Waals surface area contributed by atoms with Crippen LogP contribution in [0.5, 0.6) is 0 Å². The van der Waals surface area contributed by atoms with E-state index in [1.165, 1.54) is 0 Å². The van der Waals surface area contributed by atoms with Crippen LogP contribution in [0.1, 0.15) is 15.9 Å². The van der Waals surface area contributed by atoms with Gasteiger partial charge in [-0.1, -0.05) is 18.2 Å². The highest BCUT2D eigenvalue weighted by Gasteiger charge is 2.12. The SMILES string of the molecule is NC(=O)c1ccccc1CCN1CCOCC1. The van der Waals surface area contributed by atoms with Gasteiger partial charge in [-0.3, -0.25) is 9.69 Å². The minimum absolute atomic E-state index is 0.345. The third-order valence-electron chi connectivity index (χ3n) is 3.08. The number of amides is 1. The van der Waals surface area contributed by atoms with Crippen LogP contribution in [0.4, 0.5) is 0 Å². The predicted molar refractivity (Wildman–Crippen MR) is 65.9 cm³/mol. The van der Waals surface area contributed by atoms with Crippen LogP contribution >= 0.6 is 0 Å². The van der Waals surface area contributed by atoms with Gasteiger partial charge in [-0.2, -0.15) is 0 Å². The van der Waals surface area contributed by atoms with Crippen molar-refractivity contribution >= 4 is 5.91 Å². The maximum absolute atomic E-state index is 11.3. The number of carbonyl (C=O) groups excluding carboxylic acids is 1. The highest BCUT2D eigenvalue weighted by Crippen LogP contribution is 2.10. The molecule has 4 nitrogen and oxygen atoms in total. The van der Waals surface area contributed by atoms with Gasteiger partial charge >= 0.3 is 0 Å². The monoisotopic (exact) mass is 234 g/mol. The number of ether oxygens (including phenoxy) is 1. The van der Waals surface area contributed by atoms with Gasteiger partial charge in [0.1, 0.15) is 0 Å². The third-order valence-corrected chi connectivity index (χ3v) is 3.08. The van der Waals surface area contributed by atoms with Crippen molar-refractivity contribution in [1.29, 1.82) is 0 Å². The first-order valence-electron chi connectivity index (χ1n) is 5.95. The number of morpholine rings is 1. The Balaban J connectivity index is 1.96. The molecule has 0 aromatic heterocycles. The first-order valence-corrected chi connectivity index (χ1v) is 5.95. The topological polar surface area (TPSA) is 55.6 Å². The summed E-state index contributed by atoms with van der Waals surface area (Å²) in [5, 5.41) is 0. The molecule has 0 aliphatic carbocycles. The van der Waals surface area contributed by atoms with Gasteiger partial charge in [-0.15, -0.1) is 0 Å². The number of primary amides is 1. The van der Waals surface area contributed by atoms with Gasteiger partial charge in [0.25, 0.3) is 0 Å². The normalized spacial score (nSPS) is 16.9. The standard InChI is InChI=1S/C13H18N2O2/c14-13(16)12-4-2-1-3-11(12)5-6-15-7-9-17-10-8-15/h1-4H,5-10H2,(H2,14,16). The number of carbonyl (C=O) groups is 1. The summed E-state index contributed by atoms with van der Waals surface area (Å²) in [5.41, 5.74) is 7.02. The summed E-state index contributed by atoms with van der Waals surface area (Å²) in [4.78, 5) is 13.6. The van der Waals surface area contributed by atoms with E-state index in [0.717, 1.165) is 44.8 Å². The van der Waals surface area contributed by atoms with Crippen LogP contribution < -0.4 is 5.73 Å². The zero-order chi connectivity index (χ0) is 12.1. The number of rotatable bonds is 4. The Bertz CT molecular complexity index is 387. The molecule has 4 heteroatoms. The Labute approximate surface area is 101 Å². The van der Waals surface area contributed by atoms with Gasteiger partial charge < -0.3 is 10.5 Å². The molecule has 1 aromatic rings. The fourth-order valence-electron chi connectivity index (χ4n) is 2.08. The van der Waals surface area contributed by atoms with E-state index in [-0.39, 0.29) is 5.91 Å². The van der Waals surface area contributed by atoms with E-state index in [0.29, 0.717) is 5.56 Å². The van der Waals surface area contributed by atoms with E-state index in [9.17, 15) is 4.79 Å². The van der Waals surface area contributed by atoms with Gasteiger partial charge in [0.05, 0.1) is 13.2 Å². The second-order valence-electron chi connectivity index (χ2n) is 4.23. The lowest BCUT2D eigenvalue weighted by atomic mass is 10.0. The maximum atomic E-state index is 11.3. The molecule has 0 saturated carbocycles. The quantitative estimate of drug-likeness (QED) is 0.832. The number of hydrogen-bond donors (Lipinski definition) is 1. The van der Waals surface area contributed by atoms with Crippen molar-refractivity contribution in [2.45, 2.75) is 6.42 Å². The molecule has 2 rings (SSSR count). The predicted octanol–water partition coefficient (Wildman–Crippen LogP) is 0.660. The molecule has 0 spiro atoms. The van der Waals surface area contributed by atoms with Crippen LogP contribution in [0.3, 0.4) is 0 Å². The molecule has 17 heavy (non-hydrogen) atoms. The van der Waals surface area contributed by atoms with Gasteiger partial charge in [0.15, 0.2) is 0 Å². The number of nitrogens with zero attached hydrogens (tertiary/aromatic N) is 1. The summed E-state index contributed by atoms with van der Waals surface area (Å²) >= 11 is 0. The van der Waals surface area contributed by atoms with Crippen molar-refractivity contribution in [3.05, 3.63) is 35.4 Å². The Kier molecular flexibility index (Phi) is 4.12. The van der Waals surface area contributed by atoms with Crippen LogP contribution in [0, 0.1) is 0 Å². The summed E-state index contributed by atoms with van der Waals surface area (Å²) in [6, 6.07) is 7.55. The molecular formula is C13H18N2O2. The molecule has 1 aromatic carbocycles. The van der Waals surface area contributed by atoms with E-state index in [2.05, 4.69) is 4.90 Å². The van der Waals surface area contributed by atoms with Crippen LogP contribution in [-0.2, 0) is 11.2 Å². The minimum Gasteiger partial charge on any atom is -0.379 e. The van der Waals surface area contributed by atoms with Crippen molar-refractivity contribution in [2.75, 3.05) is 32.8 Å². The summed E-state index contributed by atoms with van der Waals surface area (Å²) in [6.07, 6.45) is 0.860. The number of benzene rings is 1. The molecule has 2 N–H and O–H groups in total. The summed E-state index contributed by atoms with van der Waals surface area (Å²) < 4.78 is 5.30. The van der Waals surface area contributed by atoms with Crippen molar-refractivity contribution in [1.82, 2.24) is 4.90 Å².